The van der Waals surface area contributed by atoms with Crippen molar-refractivity contribution in [3.8, 4) is 11.5 Å². The number of rotatable bonds is 6. The molecule has 1 aliphatic rings. The predicted octanol–water partition coefficient (Wildman–Crippen LogP) is 3.18. The first-order valence-corrected chi connectivity index (χ1v) is 8.93. The average molecular weight is 368 g/mol. The molecule has 6 nitrogen and oxygen atoms in total. The Morgan fingerprint density at radius 3 is 2.41 bits per heavy atom. The molecule has 0 spiro atoms. The van der Waals surface area contributed by atoms with Gasteiger partial charge in [-0.05, 0) is 54.3 Å². The summed E-state index contributed by atoms with van der Waals surface area (Å²) in [6.07, 6.45) is 1.75. The average Bonchev–Trinajstić information content (AvgIpc) is 3.09. The molecule has 0 bridgehead atoms. The molecule has 2 amide bonds. The molecule has 1 aliphatic heterocycles. The van der Waals surface area contributed by atoms with Gasteiger partial charge in [-0.15, -0.1) is 0 Å². The van der Waals surface area contributed by atoms with Gasteiger partial charge in [0.05, 0.1) is 14.2 Å². The minimum absolute atomic E-state index is 0.0410. The van der Waals surface area contributed by atoms with Gasteiger partial charge >= 0.3 is 0 Å². The minimum atomic E-state index is -0.0573. The number of amides is 2. The molecule has 0 aliphatic carbocycles. The highest BCUT2D eigenvalue weighted by Gasteiger charge is 2.22. The lowest BCUT2D eigenvalue weighted by Crippen LogP contribution is -2.25. The van der Waals surface area contributed by atoms with E-state index in [1.807, 2.05) is 30.3 Å². The van der Waals surface area contributed by atoms with Crippen LogP contribution in [0.15, 0.2) is 36.4 Å². The van der Waals surface area contributed by atoms with Crippen LogP contribution in [0.1, 0.15) is 24.5 Å². The van der Waals surface area contributed by atoms with Gasteiger partial charge in [-0.2, -0.15) is 0 Å². The van der Waals surface area contributed by atoms with Crippen molar-refractivity contribution in [2.75, 3.05) is 31.0 Å². The summed E-state index contributed by atoms with van der Waals surface area (Å²) in [4.78, 5) is 25.7. The summed E-state index contributed by atoms with van der Waals surface area (Å²) in [7, 11) is 3.21. The van der Waals surface area contributed by atoms with Gasteiger partial charge in [0.15, 0.2) is 0 Å². The number of anilines is 2. The van der Waals surface area contributed by atoms with E-state index in [2.05, 4.69) is 5.32 Å². The highest BCUT2D eigenvalue weighted by Crippen LogP contribution is 2.30. The van der Waals surface area contributed by atoms with Crippen LogP contribution in [0.2, 0.25) is 0 Å². The van der Waals surface area contributed by atoms with Crippen LogP contribution in [0.3, 0.4) is 0 Å². The van der Waals surface area contributed by atoms with Crippen LogP contribution in [0.25, 0.3) is 0 Å². The monoisotopic (exact) mass is 368 g/mol. The molecule has 6 heteroatoms. The van der Waals surface area contributed by atoms with E-state index in [0.717, 1.165) is 28.9 Å². The molecule has 0 radical (unpaired) electrons. The lowest BCUT2D eigenvalue weighted by molar-refractivity contribution is -0.117. The number of fused-ring (bicyclic) bond motifs is 1. The molecule has 2 aromatic rings. The summed E-state index contributed by atoms with van der Waals surface area (Å²) in [5.74, 6) is 1.40. The van der Waals surface area contributed by atoms with Crippen LogP contribution in [0, 0.1) is 0 Å². The molecule has 27 heavy (non-hydrogen) atoms. The molecule has 0 fully saturated rings. The van der Waals surface area contributed by atoms with Crippen molar-refractivity contribution in [1.29, 1.82) is 0 Å². The van der Waals surface area contributed by atoms with Crippen molar-refractivity contribution in [3.63, 3.8) is 0 Å². The van der Waals surface area contributed by atoms with Crippen LogP contribution in [0.5, 0.6) is 11.5 Å². The fourth-order valence-electron chi connectivity index (χ4n) is 3.30. The number of aryl methyl sites for hydroxylation is 1. The van der Waals surface area contributed by atoms with Crippen molar-refractivity contribution in [1.82, 2.24) is 0 Å². The Kier molecular flexibility index (Phi) is 5.64. The zero-order chi connectivity index (χ0) is 19.4. The summed E-state index contributed by atoms with van der Waals surface area (Å²) in [6, 6.07) is 11.3. The summed E-state index contributed by atoms with van der Waals surface area (Å²) in [6.45, 7) is 2.26. The standard InChI is InChI=1S/C21H24N2O4/c1-14(24)23-9-8-16-12-17(5-6-20(16)23)22-21(25)7-4-15-10-18(26-2)13-19(11-15)27-3/h5-6,10-13H,4,7-9H2,1-3H3,(H,22,25). The summed E-state index contributed by atoms with van der Waals surface area (Å²) in [5, 5.41) is 2.94. The Balaban J connectivity index is 1.61. The van der Waals surface area contributed by atoms with E-state index in [-0.39, 0.29) is 11.8 Å². The number of methoxy groups -OCH3 is 2. The van der Waals surface area contributed by atoms with Crippen LogP contribution >= 0.6 is 0 Å². The molecule has 0 atom stereocenters. The number of nitrogens with one attached hydrogen (secondary N) is 1. The molecule has 3 rings (SSSR count). The first-order valence-electron chi connectivity index (χ1n) is 8.93. The van der Waals surface area contributed by atoms with Crippen LogP contribution < -0.4 is 19.7 Å². The fraction of sp³-hybridized carbons (Fsp3) is 0.333. The van der Waals surface area contributed by atoms with E-state index in [1.165, 1.54) is 0 Å². The van der Waals surface area contributed by atoms with Gasteiger partial charge in [0.2, 0.25) is 11.8 Å². The Hall–Kier alpha value is -3.02. The molecule has 0 unspecified atom stereocenters. The Morgan fingerprint density at radius 2 is 1.78 bits per heavy atom. The molecule has 1 heterocycles. The number of hydrogen-bond acceptors (Lipinski definition) is 4. The number of nitrogens with zero attached hydrogens (tertiary/aromatic N) is 1. The number of ether oxygens (including phenoxy) is 2. The second-order valence-corrected chi connectivity index (χ2v) is 6.53. The summed E-state index contributed by atoms with van der Waals surface area (Å²) in [5.41, 5.74) is 3.75. The van der Waals surface area contributed by atoms with Gasteiger partial charge in [0.1, 0.15) is 11.5 Å². The molecule has 1 N–H and O–H groups in total. The van der Waals surface area contributed by atoms with Gasteiger partial charge < -0.3 is 19.7 Å². The molecule has 0 aromatic heterocycles. The zero-order valence-corrected chi connectivity index (χ0v) is 15.9. The van der Waals surface area contributed by atoms with E-state index < -0.39 is 0 Å². The van der Waals surface area contributed by atoms with Crippen LogP contribution in [0.4, 0.5) is 11.4 Å². The van der Waals surface area contributed by atoms with Crippen LogP contribution in [-0.4, -0.2) is 32.6 Å². The second kappa shape index (κ2) is 8.12. The van der Waals surface area contributed by atoms with Crippen molar-refractivity contribution >= 4 is 23.2 Å². The lowest BCUT2D eigenvalue weighted by atomic mass is 10.1. The smallest absolute Gasteiger partial charge is 0.224 e. The van der Waals surface area contributed by atoms with Gasteiger partial charge in [-0.3, -0.25) is 9.59 Å². The third-order valence-corrected chi connectivity index (χ3v) is 4.69. The van der Waals surface area contributed by atoms with E-state index in [4.69, 9.17) is 9.47 Å². The minimum Gasteiger partial charge on any atom is -0.497 e. The molecule has 0 saturated carbocycles. The maximum absolute atomic E-state index is 12.3. The third kappa shape index (κ3) is 4.39. The topological polar surface area (TPSA) is 67.9 Å². The maximum Gasteiger partial charge on any atom is 0.224 e. The lowest BCUT2D eigenvalue weighted by Gasteiger charge is -2.15. The Morgan fingerprint density at radius 1 is 1.07 bits per heavy atom. The highest BCUT2D eigenvalue weighted by molar-refractivity contribution is 5.95. The second-order valence-electron chi connectivity index (χ2n) is 6.53. The van der Waals surface area contributed by atoms with Gasteiger partial charge in [-0.25, -0.2) is 0 Å². The molecule has 142 valence electrons. The first kappa shape index (κ1) is 18.8. The largest absolute Gasteiger partial charge is 0.497 e. The summed E-state index contributed by atoms with van der Waals surface area (Å²) < 4.78 is 10.5. The van der Waals surface area contributed by atoms with Crippen molar-refractivity contribution in [2.24, 2.45) is 0 Å². The van der Waals surface area contributed by atoms with Crippen molar-refractivity contribution in [2.45, 2.75) is 26.2 Å². The third-order valence-electron chi connectivity index (χ3n) is 4.69. The van der Waals surface area contributed by atoms with Gasteiger partial charge in [0, 0.05) is 37.3 Å². The summed E-state index contributed by atoms with van der Waals surface area (Å²) >= 11 is 0. The number of carbonyl (C=O) groups is 2. The number of hydrogen-bond donors (Lipinski definition) is 1. The van der Waals surface area contributed by atoms with Gasteiger partial charge in [-0.1, -0.05) is 0 Å². The molecular formula is C21H24N2O4. The quantitative estimate of drug-likeness (QED) is 0.850. The normalized spacial score (nSPS) is 12.5. The van der Waals surface area contributed by atoms with Crippen LogP contribution in [-0.2, 0) is 22.4 Å². The fourth-order valence-corrected chi connectivity index (χ4v) is 3.30. The molecular weight excluding hydrogens is 344 g/mol. The van der Waals surface area contributed by atoms with E-state index >= 15 is 0 Å². The SMILES string of the molecule is COc1cc(CCC(=O)Nc2ccc3c(c2)CCN3C(C)=O)cc(OC)c1. The van der Waals surface area contributed by atoms with Crippen molar-refractivity contribution < 1.29 is 19.1 Å². The number of carbonyl (C=O) groups excluding carboxylic acids is 2. The van der Waals surface area contributed by atoms with E-state index in [0.29, 0.717) is 30.9 Å². The zero-order valence-electron chi connectivity index (χ0n) is 15.9. The Bertz CT molecular complexity index is 841. The van der Waals surface area contributed by atoms with E-state index in [1.54, 1.807) is 32.1 Å². The molecule has 0 saturated heterocycles. The predicted molar refractivity (Wildman–Crippen MR) is 105 cm³/mol. The van der Waals surface area contributed by atoms with Gasteiger partial charge in [0.25, 0.3) is 0 Å². The van der Waals surface area contributed by atoms with Crippen molar-refractivity contribution in [3.05, 3.63) is 47.5 Å². The van der Waals surface area contributed by atoms with E-state index in [9.17, 15) is 9.59 Å². The first-order chi connectivity index (χ1) is 13.0. The maximum atomic E-state index is 12.3. The molecule has 2 aromatic carbocycles. The Labute approximate surface area is 159 Å². The number of benzene rings is 2. The highest BCUT2D eigenvalue weighted by atomic mass is 16.5.